The van der Waals surface area contributed by atoms with E-state index in [1.54, 1.807) is 7.11 Å². The Morgan fingerprint density at radius 3 is 2.68 bits per heavy atom. The molecule has 1 saturated heterocycles. The zero-order valence-electron chi connectivity index (χ0n) is 18.5. The molecule has 1 amide bonds. The lowest BCUT2D eigenvalue weighted by molar-refractivity contribution is 0.0361. The normalized spacial score (nSPS) is 14.7. The van der Waals surface area contributed by atoms with Crippen molar-refractivity contribution in [3.8, 4) is 5.75 Å². The van der Waals surface area contributed by atoms with Gasteiger partial charge in [0.1, 0.15) is 11.3 Å². The van der Waals surface area contributed by atoms with Gasteiger partial charge in [-0.2, -0.15) is 5.10 Å². The average Bonchev–Trinajstić information content (AvgIpc) is 3.18. The largest absolute Gasteiger partial charge is 0.494 e. The van der Waals surface area contributed by atoms with Gasteiger partial charge in [-0.15, -0.1) is 0 Å². The third-order valence-electron chi connectivity index (χ3n) is 6.06. The number of carbonyl (C=O) groups is 1. The van der Waals surface area contributed by atoms with E-state index < -0.39 is 0 Å². The maximum atomic E-state index is 13.1. The summed E-state index contributed by atoms with van der Waals surface area (Å²) in [5, 5.41) is 8.56. The van der Waals surface area contributed by atoms with Gasteiger partial charge >= 0.3 is 0 Å². The summed E-state index contributed by atoms with van der Waals surface area (Å²) in [6.45, 7) is 9.51. The Kier molecular flexibility index (Phi) is 6.53. The number of fused-ring (bicyclic) bond motifs is 1. The van der Waals surface area contributed by atoms with Gasteiger partial charge in [0, 0.05) is 31.6 Å². The van der Waals surface area contributed by atoms with E-state index in [-0.39, 0.29) is 5.91 Å². The molecule has 0 spiro atoms. The van der Waals surface area contributed by atoms with Crippen molar-refractivity contribution >= 4 is 16.8 Å². The van der Waals surface area contributed by atoms with Crippen LogP contribution in [0.4, 0.5) is 0 Å². The van der Waals surface area contributed by atoms with E-state index in [4.69, 9.17) is 14.6 Å². The second-order valence-electron chi connectivity index (χ2n) is 7.92. The number of carbonyl (C=O) groups excluding carboxylic acids is 1. The average molecular weight is 423 g/mol. The number of nitrogens with one attached hydrogen (secondary N) is 1. The Balaban J connectivity index is 1.57. The smallest absolute Gasteiger partial charge is 0.272 e. The van der Waals surface area contributed by atoms with Crippen molar-refractivity contribution < 1.29 is 14.3 Å². The van der Waals surface area contributed by atoms with Crippen molar-refractivity contribution in [2.75, 3.05) is 40.0 Å². The first-order valence-electron chi connectivity index (χ1n) is 10.8. The molecule has 0 aliphatic carbocycles. The first-order chi connectivity index (χ1) is 15.1. The van der Waals surface area contributed by atoms with E-state index in [0.29, 0.717) is 18.8 Å². The summed E-state index contributed by atoms with van der Waals surface area (Å²) in [5.41, 5.74) is 4.82. The highest BCUT2D eigenvalue weighted by Crippen LogP contribution is 2.28. The standard InChI is InChI=1S/C24H30N4O3/c1-17-6-4-7-19(18(17)2)16-25-24(29)22-20-8-5-9-21(30-3)23(20)28(26-22)11-10-27-12-14-31-15-13-27/h4-9H,10-16H2,1-3H3,(H,25,29). The molecule has 0 bridgehead atoms. The lowest BCUT2D eigenvalue weighted by Gasteiger charge is -2.26. The number of benzene rings is 2. The number of aryl methyl sites for hydroxylation is 1. The summed E-state index contributed by atoms with van der Waals surface area (Å²) in [4.78, 5) is 15.4. The number of hydrogen-bond acceptors (Lipinski definition) is 5. The summed E-state index contributed by atoms with van der Waals surface area (Å²) in [5.74, 6) is 0.546. The molecule has 3 aromatic rings. The van der Waals surface area contributed by atoms with Crippen LogP contribution in [0.1, 0.15) is 27.2 Å². The van der Waals surface area contributed by atoms with Crippen LogP contribution in [-0.4, -0.2) is 60.5 Å². The molecule has 7 heteroatoms. The van der Waals surface area contributed by atoms with Crippen LogP contribution < -0.4 is 10.1 Å². The Hall–Kier alpha value is -2.90. The molecule has 7 nitrogen and oxygen atoms in total. The highest BCUT2D eigenvalue weighted by molar-refractivity contribution is 6.06. The van der Waals surface area contributed by atoms with Crippen molar-refractivity contribution in [1.82, 2.24) is 20.0 Å². The molecule has 4 rings (SSSR count). The Bertz CT molecular complexity index is 1070. The predicted octanol–water partition coefficient (Wildman–Crippen LogP) is 2.92. The first-order valence-corrected chi connectivity index (χ1v) is 10.8. The monoisotopic (exact) mass is 422 g/mol. The van der Waals surface area contributed by atoms with Crippen LogP contribution in [0.3, 0.4) is 0 Å². The molecule has 2 heterocycles. The zero-order valence-corrected chi connectivity index (χ0v) is 18.5. The van der Waals surface area contributed by atoms with Gasteiger partial charge in [0.25, 0.3) is 5.91 Å². The fourth-order valence-electron chi connectivity index (χ4n) is 4.02. The molecule has 0 atom stereocenters. The number of methoxy groups -OCH3 is 1. The van der Waals surface area contributed by atoms with Crippen LogP contribution in [0, 0.1) is 13.8 Å². The Morgan fingerprint density at radius 1 is 1.13 bits per heavy atom. The minimum absolute atomic E-state index is 0.177. The zero-order chi connectivity index (χ0) is 21.8. The maximum absolute atomic E-state index is 13.1. The van der Waals surface area contributed by atoms with Crippen molar-refractivity contribution in [3.63, 3.8) is 0 Å². The van der Waals surface area contributed by atoms with Crippen molar-refractivity contribution in [1.29, 1.82) is 0 Å². The predicted molar refractivity (Wildman–Crippen MR) is 121 cm³/mol. The van der Waals surface area contributed by atoms with Gasteiger partial charge in [0.2, 0.25) is 0 Å². The second kappa shape index (κ2) is 9.49. The summed E-state index contributed by atoms with van der Waals surface area (Å²) >= 11 is 0. The molecule has 0 saturated carbocycles. The Labute approximate surface area is 182 Å². The number of aromatic nitrogens is 2. The number of hydrogen-bond donors (Lipinski definition) is 1. The fraction of sp³-hybridized carbons (Fsp3) is 0.417. The highest BCUT2D eigenvalue weighted by atomic mass is 16.5. The van der Waals surface area contributed by atoms with E-state index in [0.717, 1.165) is 55.1 Å². The molecule has 0 radical (unpaired) electrons. The second-order valence-corrected chi connectivity index (χ2v) is 7.92. The molecule has 0 unspecified atom stereocenters. The number of ether oxygens (including phenoxy) is 2. The van der Waals surface area contributed by atoms with Crippen LogP contribution in [0.15, 0.2) is 36.4 Å². The van der Waals surface area contributed by atoms with Gasteiger partial charge in [-0.3, -0.25) is 14.4 Å². The topological polar surface area (TPSA) is 68.6 Å². The van der Waals surface area contributed by atoms with Crippen LogP contribution in [0.25, 0.3) is 10.9 Å². The summed E-state index contributed by atoms with van der Waals surface area (Å²) in [6, 6.07) is 11.9. The van der Waals surface area contributed by atoms with Gasteiger partial charge in [-0.25, -0.2) is 0 Å². The van der Waals surface area contributed by atoms with E-state index >= 15 is 0 Å². The molecule has 1 aromatic heterocycles. The lowest BCUT2D eigenvalue weighted by atomic mass is 10.0. The molecule has 1 fully saturated rings. The van der Waals surface area contributed by atoms with Crippen LogP contribution >= 0.6 is 0 Å². The SMILES string of the molecule is COc1cccc2c(C(=O)NCc3cccc(C)c3C)nn(CCN3CCOCC3)c12. The molecule has 31 heavy (non-hydrogen) atoms. The van der Waals surface area contributed by atoms with E-state index in [9.17, 15) is 4.79 Å². The van der Waals surface area contributed by atoms with E-state index in [1.807, 2.05) is 35.0 Å². The van der Waals surface area contributed by atoms with Crippen molar-refractivity contribution in [2.45, 2.75) is 26.9 Å². The minimum atomic E-state index is -0.177. The highest BCUT2D eigenvalue weighted by Gasteiger charge is 2.21. The maximum Gasteiger partial charge on any atom is 0.272 e. The number of amides is 1. The number of rotatable bonds is 7. The van der Waals surface area contributed by atoms with Crippen LogP contribution in [0.5, 0.6) is 5.75 Å². The number of nitrogens with zero attached hydrogens (tertiary/aromatic N) is 3. The molecule has 1 N–H and O–H groups in total. The Morgan fingerprint density at radius 2 is 1.90 bits per heavy atom. The van der Waals surface area contributed by atoms with Crippen LogP contribution in [0.2, 0.25) is 0 Å². The van der Waals surface area contributed by atoms with Gasteiger partial charge in [0.05, 0.1) is 26.9 Å². The molecular weight excluding hydrogens is 392 g/mol. The molecule has 164 valence electrons. The van der Waals surface area contributed by atoms with Gasteiger partial charge in [-0.05, 0) is 36.6 Å². The van der Waals surface area contributed by atoms with Crippen molar-refractivity contribution in [3.05, 3.63) is 58.8 Å². The third-order valence-corrected chi connectivity index (χ3v) is 6.06. The summed E-state index contributed by atoms with van der Waals surface area (Å²) < 4.78 is 12.9. The van der Waals surface area contributed by atoms with Gasteiger partial charge in [-0.1, -0.05) is 30.3 Å². The molecular formula is C24H30N4O3. The fourth-order valence-corrected chi connectivity index (χ4v) is 4.02. The quantitative estimate of drug-likeness (QED) is 0.634. The molecule has 1 aliphatic rings. The van der Waals surface area contributed by atoms with Gasteiger partial charge in [0.15, 0.2) is 5.69 Å². The summed E-state index contributed by atoms with van der Waals surface area (Å²) in [7, 11) is 1.65. The molecule has 2 aromatic carbocycles. The minimum Gasteiger partial charge on any atom is -0.494 e. The van der Waals surface area contributed by atoms with Crippen LogP contribution in [-0.2, 0) is 17.8 Å². The third kappa shape index (κ3) is 4.57. The summed E-state index contributed by atoms with van der Waals surface area (Å²) in [6.07, 6.45) is 0. The molecule has 1 aliphatic heterocycles. The number of morpholine rings is 1. The number of para-hydroxylation sites is 1. The van der Waals surface area contributed by atoms with Crippen molar-refractivity contribution in [2.24, 2.45) is 0 Å². The lowest BCUT2D eigenvalue weighted by Crippen LogP contribution is -2.38. The first kappa shape index (κ1) is 21.3. The van der Waals surface area contributed by atoms with Gasteiger partial charge < -0.3 is 14.8 Å². The van der Waals surface area contributed by atoms with E-state index in [1.165, 1.54) is 11.1 Å². The van der Waals surface area contributed by atoms with E-state index in [2.05, 4.69) is 30.1 Å².